The van der Waals surface area contributed by atoms with Gasteiger partial charge in [-0.3, -0.25) is 18.6 Å². The highest BCUT2D eigenvalue weighted by Gasteiger charge is 2.27. The molecule has 0 aliphatic heterocycles. The fourth-order valence-corrected chi connectivity index (χ4v) is 8.77. The fraction of sp³-hybridized carbons (Fsp3) is 0.889. The molecule has 65 heavy (non-hydrogen) atoms. The van der Waals surface area contributed by atoms with Gasteiger partial charge in [-0.15, -0.1) is 0 Å². The van der Waals surface area contributed by atoms with Crippen LogP contribution in [-0.2, 0) is 32.7 Å². The van der Waals surface area contributed by atoms with Crippen molar-refractivity contribution in [1.29, 1.82) is 0 Å². The molecule has 0 saturated heterocycles. The SMILES string of the molecule is CCCCCCC/C=C\C/C=C\CCCCCCCCCCCCCC(=O)OC(COCCCCCCCCCCCCCCCCCCCCCC)COP(=O)(O)OCC(N)C(=O)O. The number of carboxylic acids is 1. The van der Waals surface area contributed by atoms with Gasteiger partial charge < -0.3 is 25.2 Å². The van der Waals surface area contributed by atoms with Crippen molar-refractivity contribution < 1.29 is 42.7 Å². The predicted octanol–water partition coefficient (Wildman–Crippen LogP) is 16.2. The van der Waals surface area contributed by atoms with Gasteiger partial charge in [0.1, 0.15) is 12.1 Å². The number of hydrogen-bond donors (Lipinski definition) is 3. The zero-order valence-corrected chi connectivity index (χ0v) is 43.2. The van der Waals surface area contributed by atoms with E-state index in [0.717, 1.165) is 44.9 Å². The van der Waals surface area contributed by atoms with Crippen molar-refractivity contribution in [2.24, 2.45) is 5.73 Å². The Hall–Kier alpha value is -1.55. The number of aliphatic carboxylic acids is 1. The quantitative estimate of drug-likeness (QED) is 0.0232. The Morgan fingerprint density at radius 3 is 1.25 bits per heavy atom. The number of ether oxygens (including phenoxy) is 2. The van der Waals surface area contributed by atoms with Gasteiger partial charge in [0.05, 0.1) is 19.8 Å². The Bertz CT molecular complexity index is 1140. The number of hydrogen-bond acceptors (Lipinski definition) is 8. The monoisotopic (exact) mass is 942 g/mol. The number of phosphoric ester groups is 1. The van der Waals surface area contributed by atoms with Crippen LogP contribution in [0.1, 0.15) is 271 Å². The molecule has 3 unspecified atom stereocenters. The van der Waals surface area contributed by atoms with Crippen molar-refractivity contribution in [3.8, 4) is 0 Å². The van der Waals surface area contributed by atoms with E-state index in [1.54, 1.807) is 0 Å². The first-order chi connectivity index (χ1) is 31.7. The van der Waals surface area contributed by atoms with Crippen LogP contribution in [0.25, 0.3) is 0 Å². The fourth-order valence-electron chi connectivity index (χ4n) is 7.99. The van der Waals surface area contributed by atoms with Crippen molar-refractivity contribution in [3.63, 3.8) is 0 Å². The smallest absolute Gasteiger partial charge is 0.472 e. The number of phosphoric acid groups is 1. The Labute approximate surface area is 400 Å². The van der Waals surface area contributed by atoms with E-state index >= 15 is 0 Å². The second-order valence-electron chi connectivity index (χ2n) is 18.7. The Balaban J connectivity index is 4.07. The molecule has 0 rings (SSSR count). The summed E-state index contributed by atoms with van der Waals surface area (Å²) in [5, 5.41) is 8.94. The summed E-state index contributed by atoms with van der Waals surface area (Å²) >= 11 is 0. The first-order valence-electron chi connectivity index (χ1n) is 27.4. The van der Waals surface area contributed by atoms with Crippen molar-refractivity contribution >= 4 is 19.8 Å². The van der Waals surface area contributed by atoms with E-state index in [0.29, 0.717) is 13.0 Å². The highest BCUT2D eigenvalue weighted by Crippen LogP contribution is 2.43. The van der Waals surface area contributed by atoms with Crippen LogP contribution in [0, 0.1) is 0 Å². The molecule has 0 saturated carbocycles. The van der Waals surface area contributed by atoms with E-state index < -0.39 is 45.1 Å². The Kier molecular flexibility index (Phi) is 49.1. The van der Waals surface area contributed by atoms with Crippen LogP contribution in [0.2, 0.25) is 0 Å². The first-order valence-corrected chi connectivity index (χ1v) is 28.9. The summed E-state index contributed by atoms with van der Waals surface area (Å²) in [5.41, 5.74) is 5.38. The third kappa shape index (κ3) is 50.2. The lowest BCUT2D eigenvalue weighted by atomic mass is 10.0. The van der Waals surface area contributed by atoms with Crippen molar-refractivity contribution in [2.75, 3.05) is 26.4 Å². The van der Waals surface area contributed by atoms with E-state index in [-0.39, 0.29) is 13.0 Å². The molecule has 0 aliphatic carbocycles. The Morgan fingerprint density at radius 1 is 0.492 bits per heavy atom. The minimum Gasteiger partial charge on any atom is -0.480 e. The number of nitrogens with two attached hydrogens (primary N) is 1. The van der Waals surface area contributed by atoms with Gasteiger partial charge in [0.15, 0.2) is 0 Å². The van der Waals surface area contributed by atoms with Gasteiger partial charge in [0.25, 0.3) is 0 Å². The molecule has 384 valence electrons. The summed E-state index contributed by atoms with van der Waals surface area (Å²) in [6.45, 7) is 3.93. The van der Waals surface area contributed by atoms with Crippen molar-refractivity contribution in [1.82, 2.24) is 0 Å². The number of carboxylic acid groups (broad SMARTS) is 1. The summed E-state index contributed by atoms with van der Waals surface area (Å²) in [6, 6.07) is -1.47. The van der Waals surface area contributed by atoms with Gasteiger partial charge in [-0.05, 0) is 44.9 Å². The van der Waals surface area contributed by atoms with Gasteiger partial charge in [-0.2, -0.15) is 0 Å². The number of allylic oxidation sites excluding steroid dienone is 4. The standard InChI is InChI=1S/C54H104NO9P/c1-3-5-7-9-11-13-15-17-19-21-23-25-26-27-28-30-32-34-36-38-40-42-44-46-53(56)64-51(49-62-65(59,60)63-50-52(55)54(57)58)48-61-47-45-43-41-39-37-35-33-31-29-24-22-20-18-16-14-12-10-8-6-4-2/h15,17,21,23,51-52H,3-14,16,18-20,22,24-50,55H2,1-2H3,(H,57,58)(H,59,60)/b17-15-,23-21-. The number of rotatable bonds is 53. The molecule has 0 heterocycles. The van der Waals surface area contributed by atoms with Crippen LogP contribution < -0.4 is 5.73 Å². The molecule has 0 radical (unpaired) electrons. The minimum absolute atomic E-state index is 0.0216. The van der Waals surface area contributed by atoms with E-state index in [9.17, 15) is 19.0 Å². The summed E-state index contributed by atoms with van der Waals surface area (Å²) in [7, 11) is -4.62. The maximum atomic E-state index is 12.7. The van der Waals surface area contributed by atoms with E-state index in [2.05, 4.69) is 38.2 Å². The molecule has 3 atom stereocenters. The van der Waals surface area contributed by atoms with Crippen LogP contribution in [0.5, 0.6) is 0 Å². The molecule has 0 fully saturated rings. The topological polar surface area (TPSA) is 155 Å². The van der Waals surface area contributed by atoms with Crippen LogP contribution in [0.3, 0.4) is 0 Å². The zero-order valence-electron chi connectivity index (χ0n) is 42.4. The van der Waals surface area contributed by atoms with E-state index in [4.69, 9.17) is 29.4 Å². The minimum atomic E-state index is -4.62. The molecule has 4 N–H and O–H groups in total. The van der Waals surface area contributed by atoms with Crippen LogP contribution in [0.15, 0.2) is 24.3 Å². The molecular weight excluding hydrogens is 838 g/mol. The third-order valence-electron chi connectivity index (χ3n) is 12.2. The maximum Gasteiger partial charge on any atom is 0.472 e. The largest absolute Gasteiger partial charge is 0.480 e. The van der Waals surface area contributed by atoms with Gasteiger partial charge in [-0.1, -0.05) is 244 Å². The molecule has 0 aromatic rings. The molecule has 0 amide bonds. The normalized spacial score (nSPS) is 13.8. The lowest BCUT2D eigenvalue weighted by molar-refractivity contribution is -0.154. The second kappa shape index (κ2) is 50.3. The van der Waals surface area contributed by atoms with Crippen molar-refractivity contribution in [2.45, 2.75) is 283 Å². The molecule has 0 bridgehead atoms. The predicted molar refractivity (Wildman–Crippen MR) is 272 cm³/mol. The number of carbonyl (C=O) groups is 2. The number of esters is 1. The lowest BCUT2D eigenvalue weighted by Gasteiger charge is -2.20. The first kappa shape index (κ1) is 63.5. The summed E-state index contributed by atoms with van der Waals surface area (Å²) in [4.78, 5) is 33.7. The molecule has 0 aromatic carbocycles. The van der Waals surface area contributed by atoms with E-state index in [1.807, 2.05) is 0 Å². The molecule has 10 nitrogen and oxygen atoms in total. The van der Waals surface area contributed by atoms with Crippen LogP contribution in [0.4, 0.5) is 0 Å². The third-order valence-corrected chi connectivity index (χ3v) is 13.2. The van der Waals surface area contributed by atoms with Crippen LogP contribution in [-0.4, -0.2) is 60.5 Å². The molecule has 0 aromatic heterocycles. The zero-order chi connectivity index (χ0) is 47.6. The molecule has 0 spiro atoms. The molecule has 11 heteroatoms. The van der Waals surface area contributed by atoms with Crippen LogP contribution >= 0.6 is 7.82 Å². The average molecular weight is 942 g/mol. The highest BCUT2D eigenvalue weighted by molar-refractivity contribution is 7.47. The average Bonchev–Trinajstić information content (AvgIpc) is 3.29. The van der Waals surface area contributed by atoms with E-state index in [1.165, 1.54) is 199 Å². The Morgan fingerprint density at radius 2 is 0.846 bits per heavy atom. The van der Waals surface area contributed by atoms with Gasteiger partial charge in [0.2, 0.25) is 0 Å². The van der Waals surface area contributed by atoms with Gasteiger partial charge >= 0.3 is 19.8 Å². The van der Waals surface area contributed by atoms with Gasteiger partial charge in [-0.25, -0.2) is 4.57 Å². The molecular formula is C54H104NO9P. The highest BCUT2D eigenvalue weighted by atomic mass is 31.2. The van der Waals surface area contributed by atoms with Gasteiger partial charge in [0, 0.05) is 13.0 Å². The number of carbonyl (C=O) groups excluding carboxylic acids is 1. The summed E-state index contributed by atoms with van der Waals surface area (Å²) in [5.74, 6) is -1.77. The lowest BCUT2D eigenvalue weighted by Crippen LogP contribution is -2.34. The summed E-state index contributed by atoms with van der Waals surface area (Å²) < 4.78 is 33.6. The summed E-state index contributed by atoms with van der Waals surface area (Å²) in [6.07, 6.45) is 58.1. The van der Waals surface area contributed by atoms with Crippen molar-refractivity contribution in [3.05, 3.63) is 24.3 Å². The number of unbranched alkanes of at least 4 members (excludes halogenated alkanes) is 35. The second-order valence-corrected chi connectivity index (χ2v) is 20.2. The maximum absolute atomic E-state index is 12.7. The molecule has 0 aliphatic rings.